The molecule has 3 nitrogen and oxygen atoms in total. The molecule has 0 bridgehead atoms. The van der Waals surface area contributed by atoms with E-state index >= 15 is 0 Å². The van der Waals surface area contributed by atoms with Gasteiger partial charge in [-0.1, -0.05) is 23.4 Å². The molecule has 1 aromatic heterocycles. The van der Waals surface area contributed by atoms with Crippen LogP contribution in [0.4, 0.5) is 13.2 Å². The van der Waals surface area contributed by atoms with Gasteiger partial charge in [-0.15, -0.1) is 0 Å². The highest BCUT2D eigenvalue weighted by molar-refractivity contribution is 6.29. The molecular weight excluding hydrogens is 269 g/mol. The molecule has 0 radical (unpaired) electrons. The predicted molar refractivity (Wildman–Crippen MR) is 59.8 cm³/mol. The van der Waals surface area contributed by atoms with Gasteiger partial charge >= 0.3 is 6.18 Å². The highest BCUT2D eigenvalue weighted by atomic mass is 35.5. The summed E-state index contributed by atoms with van der Waals surface area (Å²) in [4.78, 5) is 13.9. The lowest BCUT2D eigenvalue weighted by Gasteiger charge is -2.08. The lowest BCUT2D eigenvalue weighted by Crippen LogP contribution is -2.19. The molecular formula is C11H8ClF3N2O. The molecule has 0 aliphatic rings. The molecule has 0 fully saturated rings. The van der Waals surface area contributed by atoms with E-state index in [1.807, 2.05) is 0 Å². The Morgan fingerprint density at radius 1 is 1.56 bits per heavy atom. The second kappa shape index (κ2) is 5.74. The SMILES string of the molecule is CC(=O)NCC#Cc1cc(Cl)ncc1C(F)(F)F. The van der Waals surface area contributed by atoms with Crippen LogP contribution in [0, 0.1) is 11.8 Å². The summed E-state index contributed by atoms with van der Waals surface area (Å²) in [6.07, 6.45) is -3.92. The number of pyridine rings is 1. The summed E-state index contributed by atoms with van der Waals surface area (Å²) >= 11 is 5.51. The van der Waals surface area contributed by atoms with Crippen LogP contribution in [0.2, 0.25) is 5.15 Å². The summed E-state index contributed by atoms with van der Waals surface area (Å²) in [6, 6.07) is 1.03. The van der Waals surface area contributed by atoms with Crippen molar-refractivity contribution in [2.45, 2.75) is 13.1 Å². The summed E-state index contributed by atoms with van der Waals surface area (Å²) in [6.45, 7) is 1.25. The molecule has 0 aliphatic carbocycles. The number of hydrogen-bond donors (Lipinski definition) is 1. The number of nitrogens with one attached hydrogen (secondary N) is 1. The third-order valence-corrected chi connectivity index (χ3v) is 2.03. The van der Waals surface area contributed by atoms with E-state index in [0.717, 1.165) is 6.07 Å². The van der Waals surface area contributed by atoms with Crippen molar-refractivity contribution in [3.05, 3.63) is 28.5 Å². The maximum atomic E-state index is 12.6. The molecule has 0 saturated carbocycles. The van der Waals surface area contributed by atoms with Gasteiger partial charge in [0.1, 0.15) is 5.15 Å². The van der Waals surface area contributed by atoms with Gasteiger partial charge in [0.15, 0.2) is 0 Å². The topological polar surface area (TPSA) is 42.0 Å². The Labute approximate surface area is 106 Å². The average Bonchev–Trinajstić information content (AvgIpc) is 2.22. The zero-order chi connectivity index (χ0) is 13.8. The fraction of sp³-hybridized carbons (Fsp3) is 0.273. The van der Waals surface area contributed by atoms with Crippen molar-refractivity contribution in [1.82, 2.24) is 10.3 Å². The van der Waals surface area contributed by atoms with Crippen LogP contribution in [-0.2, 0) is 11.0 Å². The van der Waals surface area contributed by atoms with Crippen LogP contribution < -0.4 is 5.32 Å². The monoisotopic (exact) mass is 276 g/mol. The highest BCUT2D eigenvalue weighted by Crippen LogP contribution is 2.31. The second-order valence-corrected chi connectivity index (χ2v) is 3.65. The van der Waals surface area contributed by atoms with E-state index in [0.29, 0.717) is 6.20 Å². The molecule has 0 spiro atoms. The van der Waals surface area contributed by atoms with E-state index in [-0.39, 0.29) is 23.2 Å². The summed E-state index contributed by atoms with van der Waals surface area (Å²) in [5, 5.41) is 2.27. The molecule has 96 valence electrons. The van der Waals surface area contributed by atoms with Crippen LogP contribution in [0.3, 0.4) is 0 Å². The molecule has 1 aromatic rings. The maximum Gasteiger partial charge on any atom is 0.419 e. The largest absolute Gasteiger partial charge is 0.419 e. The first kappa shape index (κ1) is 14.3. The van der Waals surface area contributed by atoms with Gasteiger partial charge in [-0.2, -0.15) is 13.2 Å². The minimum Gasteiger partial charge on any atom is -0.345 e. The Hall–Kier alpha value is -1.74. The molecule has 1 heterocycles. The third kappa shape index (κ3) is 4.26. The van der Waals surface area contributed by atoms with Gasteiger partial charge in [-0.05, 0) is 6.07 Å². The van der Waals surface area contributed by atoms with E-state index in [1.165, 1.54) is 6.92 Å². The number of carbonyl (C=O) groups excluding carboxylic acids is 1. The number of alkyl halides is 3. The molecule has 0 aromatic carbocycles. The number of rotatable bonds is 1. The lowest BCUT2D eigenvalue weighted by molar-refractivity contribution is -0.138. The average molecular weight is 277 g/mol. The van der Waals surface area contributed by atoms with Gasteiger partial charge in [0.05, 0.1) is 12.1 Å². The zero-order valence-corrected chi connectivity index (χ0v) is 9.99. The van der Waals surface area contributed by atoms with Gasteiger partial charge in [-0.25, -0.2) is 4.98 Å². The predicted octanol–water partition coefficient (Wildman–Crippen LogP) is 2.24. The molecule has 1 N–H and O–H groups in total. The van der Waals surface area contributed by atoms with Crippen molar-refractivity contribution in [2.75, 3.05) is 6.54 Å². The Morgan fingerprint density at radius 3 is 2.78 bits per heavy atom. The Morgan fingerprint density at radius 2 is 2.22 bits per heavy atom. The first-order valence-electron chi connectivity index (χ1n) is 4.76. The third-order valence-electron chi connectivity index (χ3n) is 1.82. The van der Waals surface area contributed by atoms with Crippen LogP contribution in [0.25, 0.3) is 0 Å². The Bertz CT molecular complexity index is 517. The number of carbonyl (C=O) groups is 1. The first-order valence-corrected chi connectivity index (χ1v) is 5.14. The van der Waals surface area contributed by atoms with Crippen LogP contribution in [0.1, 0.15) is 18.1 Å². The molecule has 0 aliphatic heterocycles. The van der Waals surface area contributed by atoms with Crippen molar-refractivity contribution >= 4 is 17.5 Å². The highest BCUT2D eigenvalue weighted by Gasteiger charge is 2.33. The van der Waals surface area contributed by atoms with Crippen LogP contribution in [0.15, 0.2) is 12.3 Å². The van der Waals surface area contributed by atoms with Crippen LogP contribution >= 0.6 is 11.6 Å². The maximum absolute atomic E-state index is 12.6. The summed E-state index contributed by atoms with van der Waals surface area (Å²) < 4.78 is 37.8. The Balaban J connectivity index is 2.99. The van der Waals surface area contributed by atoms with Gasteiger partial charge in [0.25, 0.3) is 0 Å². The van der Waals surface area contributed by atoms with Crippen molar-refractivity contribution < 1.29 is 18.0 Å². The zero-order valence-electron chi connectivity index (χ0n) is 9.23. The number of amides is 1. The van der Waals surface area contributed by atoms with Crippen molar-refractivity contribution in [1.29, 1.82) is 0 Å². The smallest absolute Gasteiger partial charge is 0.345 e. The quantitative estimate of drug-likeness (QED) is 0.631. The van der Waals surface area contributed by atoms with E-state index in [2.05, 4.69) is 22.1 Å². The van der Waals surface area contributed by atoms with Gasteiger partial charge in [0, 0.05) is 18.7 Å². The summed E-state index contributed by atoms with van der Waals surface area (Å²) in [7, 11) is 0. The molecule has 0 unspecified atom stereocenters. The van der Waals surface area contributed by atoms with Crippen molar-refractivity contribution in [3.8, 4) is 11.8 Å². The van der Waals surface area contributed by atoms with Crippen molar-refractivity contribution in [2.24, 2.45) is 0 Å². The summed E-state index contributed by atoms with van der Waals surface area (Å²) in [5.41, 5.74) is -1.23. The van der Waals surface area contributed by atoms with E-state index in [1.54, 1.807) is 0 Å². The lowest BCUT2D eigenvalue weighted by atomic mass is 10.1. The minimum atomic E-state index is -4.55. The second-order valence-electron chi connectivity index (χ2n) is 3.26. The van der Waals surface area contributed by atoms with E-state index in [4.69, 9.17) is 11.6 Å². The molecule has 0 atom stereocenters. The minimum absolute atomic E-state index is 0.0351. The van der Waals surface area contributed by atoms with E-state index in [9.17, 15) is 18.0 Å². The van der Waals surface area contributed by atoms with Crippen LogP contribution in [0.5, 0.6) is 0 Å². The molecule has 1 rings (SSSR count). The Kier molecular flexibility index (Phi) is 4.56. The standard InChI is InChI=1S/C11H8ClF3N2O/c1-7(18)16-4-2-3-8-5-10(12)17-6-9(8)11(13,14)15/h5-6H,4H2,1H3,(H,16,18). The fourth-order valence-corrected chi connectivity index (χ4v) is 1.23. The number of hydrogen-bond acceptors (Lipinski definition) is 2. The summed E-state index contributed by atoms with van der Waals surface area (Å²) in [5.74, 6) is 4.40. The van der Waals surface area contributed by atoms with Crippen molar-refractivity contribution in [3.63, 3.8) is 0 Å². The number of nitrogens with zero attached hydrogens (tertiary/aromatic N) is 1. The van der Waals surface area contributed by atoms with Gasteiger partial charge < -0.3 is 5.32 Å². The van der Waals surface area contributed by atoms with E-state index < -0.39 is 11.7 Å². The molecule has 18 heavy (non-hydrogen) atoms. The molecule has 1 amide bonds. The molecule has 7 heteroatoms. The normalized spacial score (nSPS) is 10.5. The number of aromatic nitrogens is 1. The first-order chi connectivity index (χ1) is 8.30. The molecule has 0 saturated heterocycles. The number of halogens is 4. The van der Waals surface area contributed by atoms with Gasteiger partial charge in [0.2, 0.25) is 5.91 Å². The fourth-order valence-electron chi connectivity index (χ4n) is 1.07. The van der Waals surface area contributed by atoms with Crippen LogP contribution in [-0.4, -0.2) is 17.4 Å². The van der Waals surface area contributed by atoms with Gasteiger partial charge in [-0.3, -0.25) is 4.79 Å².